The summed E-state index contributed by atoms with van der Waals surface area (Å²) >= 11 is 0. The number of aryl methyl sites for hydroxylation is 1. The molecule has 0 saturated carbocycles. The average Bonchev–Trinajstić information content (AvgIpc) is 3.31. The van der Waals surface area contributed by atoms with Crippen LogP contribution in [0.15, 0.2) is 54.4 Å². The fourth-order valence-electron chi connectivity index (χ4n) is 4.89. The van der Waals surface area contributed by atoms with E-state index in [0.717, 1.165) is 11.1 Å². The SMILES string of the molecule is CCOC(=O)c1[nH]c(C)c(/C(O)=C2\C(=O)C(=O)N(Cc3cccnc3)[C@@H]2c2ccc(C(C)(C)C)cc2)c1C. The maximum absolute atomic E-state index is 13.5. The fraction of sp³-hybridized carbons (Fsp3) is 0.333. The number of esters is 1. The number of hydrogen-bond donors (Lipinski definition) is 2. The Kier molecular flexibility index (Phi) is 7.26. The van der Waals surface area contributed by atoms with Gasteiger partial charge in [0, 0.05) is 30.2 Å². The number of aromatic amines is 1. The summed E-state index contributed by atoms with van der Waals surface area (Å²) in [6.45, 7) is 11.7. The highest BCUT2D eigenvalue weighted by Crippen LogP contribution is 2.42. The number of Topliss-reactive ketones (excluding diaryl/α,β-unsaturated/α-hetero) is 1. The minimum Gasteiger partial charge on any atom is -0.507 e. The van der Waals surface area contributed by atoms with Gasteiger partial charge in [-0.1, -0.05) is 51.1 Å². The van der Waals surface area contributed by atoms with Gasteiger partial charge in [-0.3, -0.25) is 14.6 Å². The summed E-state index contributed by atoms with van der Waals surface area (Å²) < 4.78 is 5.13. The summed E-state index contributed by atoms with van der Waals surface area (Å²) in [5, 5.41) is 11.6. The molecule has 38 heavy (non-hydrogen) atoms. The lowest BCUT2D eigenvalue weighted by Crippen LogP contribution is -2.29. The van der Waals surface area contributed by atoms with E-state index in [1.54, 1.807) is 39.2 Å². The van der Waals surface area contributed by atoms with Crippen LogP contribution in [0.25, 0.3) is 5.76 Å². The third-order valence-corrected chi connectivity index (χ3v) is 6.86. The first-order valence-electron chi connectivity index (χ1n) is 12.6. The van der Waals surface area contributed by atoms with E-state index >= 15 is 0 Å². The van der Waals surface area contributed by atoms with Crippen molar-refractivity contribution in [3.05, 3.63) is 93.6 Å². The van der Waals surface area contributed by atoms with Crippen LogP contribution in [0.3, 0.4) is 0 Å². The zero-order valence-electron chi connectivity index (χ0n) is 22.6. The lowest BCUT2D eigenvalue weighted by Gasteiger charge is -2.26. The molecule has 198 valence electrons. The Balaban J connectivity index is 1.89. The molecule has 8 heteroatoms. The zero-order valence-corrected chi connectivity index (χ0v) is 22.6. The number of hydrogen-bond acceptors (Lipinski definition) is 6. The van der Waals surface area contributed by atoms with Crippen molar-refractivity contribution in [1.82, 2.24) is 14.9 Å². The number of aliphatic hydroxyl groups is 1. The number of aromatic nitrogens is 2. The Bertz CT molecular complexity index is 1410. The molecule has 4 rings (SSSR count). The predicted octanol–water partition coefficient (Wildman–Crippen LogP) is 5.12. The highest BCUT2D eigenvalue weighted by Gasteiger charge is 2.46. The fourth-order valence-corrected chi connectivity index (χ4v) is 4.89. The van der Waals surface area contributed by atoms with Gasteiger partial charge in [-0.25, -0.2) is 4.79 Å². The molecule has 2 N–H and O–H groups in total. The third-order valence-electron chi connectivity index (χ3n) is 6.86. The number of amides is 1. The number of pyridine rings is 1. The summed E-state index contributed by atoms with van der Waals surface area (Å²) in [5.74, 6) is -2.38. The minimum absolute atomic E-state index is 0.0250. The van der Waals surface area contributed by atoms with Gasteiger partial charge in [0.1, 0.15) is 11.5 Å². The molecule has 3 heterocycles. The van der Waals surface area contributed by atoms with Gasteiger partial charge in [0.2, 0.25) is 0 Å². The number of ether oxygens (including phenoxy) is 1. The average molecular weight is 516 g/mol. The smallest absolute Gasteiger partial charge is 0.355 e. The molecular weight excluding hydrogens is 482 g/mol. The largest absolute Gasteiger partial charge is 0.507 e. The first-order valence-corrected chi connectivity index (χ1v) is 12.6. The van der Waals surface area contributed by atoms with Crippen LogP contribution in [0.2, 0.25) is 0 Å². The number of nitrogens with one attached hydrogen (secondary N) is 1. The molecule has 1 aliphatic heterocycles. The van der Waals surface area contributed by atoms with Crippen LogP contribution in [-0.4, -0.2) is 44.2 Å². The van der Waals surface area contributed by atoms with Crippen molar-refractivity contribution in [3.8, 4) is 0 Å². The Morgan fingerprint density at radius 3 is 2.39 bits per heavy atom. The van der Waals surface area contributed by atoms with Crippen molar-refractivity contribution >= 4 is 23.4 Å². The normalized spacial score (nSPS) is 17.2. The summed E-state index contributed by atoms with van der Waals surface area (Å²) in [7, 11) is 0. The van der Waals surface area contributed by atoms with Gasteiger partial charge in [-0.2, -0.15) is 0 Å². The summed E-state index contributed by atoms with van der Waals surface area (Å²) in [5.41, 5.74) is 3.87. The minimum atomic E-state index is -0.830. The van der Waals surface area contributed by atoms with Crippen molar-refractivity contribution in [1.29, 1.82) is 0 Å². The molecule has 0 aliphatic carbocycles. The van der Waals surface area contributed by atoms with Crippen LogP contribution in [0.5, 0.6) is 0 Å². The number of carbonyl (C=O) groups excluding carboxylic acids is 3. The molecule has 1 saturated heterocycles. The summed E-state index contributed by atoms with van der Waals surface area (Å²) in [4.78, 5) is 47.9. The lowest BCUT2D eigenvalue weighted by atomic mass is 9.85. The number of aliphatic hydroxyl groups excluding tert-OH is 1. The summed E-state index contributed by atoms with van der Waals surface area (Å²) in [6.07, 6.45) is 3.28. The van der Waals surface area contributed by atoms with Gasteiger partial charge in [0.25, 0.3) is 11.7 Å². The number of rotatable bonds is 6. The summed E-state index contributed by atoms with van der Waals surface area (Å²) in [6, 6.07) is 10.5. The van der Waals surface area contributed by atoms with E-state index in [9.17, 15) is 19.5 Å². The van der Waals surface area contributed by atoms with E-state index in [1.165, 1.54) is 4.90 Å². The molecule has 1 fully saturated rings. The highest BCUT2D eigenvalue weighted by atomic mass is 16.5. The highest BCUT2D eigenvalue weighted by molar-refractivity contribution is 6.46. The van der Waals surface area contributed by atoms with Crippen LogP contribution in [0, 0.1) is 13.8 Å². The molecule has 0 spiro atoms. The second-order valence-corrected chi connectivity index (χ2v) is 10.5. The topological polar surface area (TPSA) is 113 Å². The van der Waals surface area contributed by atoms with E-state index in [-0.39, 0.29) is 35.6 Å². The molecule has 0 radical (unpaired) electrons. The zero-order chi connectivity index (χ0) is 27.8. The van der Waals surface area contributed by atoms with E-state index in [0.29, 0.717) is 22.4 Å². The second-order valence-electron chi connectivity index (χ2n) is 10.5. The quantitative estimate of drug-likeness (QED) is 0.204. The Morgan fingerprint density at radius 2 is 1.82 bits per heavy atom. The lowest BCUT2D eigenvalue weighted by molar-refractivity contribution is -0.140. The molecule has 1 aromatic carbocycles. The molecule has 2 aromatic heterocycles. The van der Waals surface area contributed by atoms with Gasteiger partial charge in [0.15, 0.2) is 0 Å². The molecular formula is C30H33N3O5. The Labute approximate surface area is 222 Å². The molecule has 1 amide bonds. The first kappa shape index (κ1) is 26.9. The number of ketones is 1. The van der Waals surface area contributed by atoms with Crippen molar-refractivity contribution in [2.75, 3.05) is 6.61 Å². The van der Waals surface area contributed by atoms with Crippen LogP contribution in [0.1, 0.15) is 77.7 Å². The van der Waals surface area contributed by atoms with Crippen LogP contribution < -0.4 is 0 Å². The van der Waals surface area contributed by atoms with Crippen molar-refractivity contribution in [2.24, 2.45) is 0 Å². The van der Waals surface area contributed by atoms with Crippen LogP contribution in [-0.2, 0) is 26.3 Å². The van der Waals surface area contributed by atoms with Crippen molar-refractivity contribution in [2.45, 2.75) is 59.5 Å². The van der Waals surface area contributed by atoms with Crippen LogP contribution >= 0.6 is 0 Å². The van der Waals surface area contributed by atoms with E-state index in [4.69, 9.17) is 4.74 Å². The molecule has 8 nitrogen and oxygen atoms in total. The number of nitrogens with zero attached hydrogens (tertiary/aromatic N) is 2. The molecule has 3 aromatic rings. The second kappa shape index (κ2) is 10.3. The number of likely N-dealkylation sites (tertiary alicyclic amines) is 1. The molecule has 1 aliphatic rings. The number of benzene rings is 1. The van der Waals surface area contributed by atoms with E-state index in [1.807, 2.05) is 30.3 Å². The van der Waals surface area contributed by atoms with Gasteiger partial charge < -0.3 is 19.7 Å². The number of carbonyl (C=O) groups is 3. The van der Waals surface area contributed by atoms with Crippen LogP contribution in [0.4, 0.5) is 0 Å². The molecule has 1 atom stereocenters. The first-order chi connectivity index (χ1) is 18.0. The standard InChI is InChI=1S/C30H33N3O5/c1-7-38-29(37)24-17(2)22(18(3)32-24)26(34)23-25(20-10-12-21(13-11-20)30(4,5)6)33(28(36)27(23)35)16-19-9-8-14-31-15-19/h8-15,25,32,34H,7,16H2,1-6H3/b26-23+/t25-/m1/s1. The molecule has 0 bridgehead atoms. The van der Waals surface area contributed by atoms with Gasteiger partial charge in [-0.15, -0.1) is 0 Å². The number of H-pyrrole nitrogens is 1. The Morgan fingerprint density at radius 1 is 1.13 bits per heavy atom. The van der Waals surface area contributed by atoms with Crippen molar-refractivity contribution in [3.63, 3.8) is 0 Å². The molecule has 0 unspecified atom stereocenters. The van der Waals surface area contributed by atoms with Gasteiger partial charge in [-0.05, 0) is 54.5 Å². The van der Waals surface area contributed by atoms with Gasteiger partial charge in [0.05, 0.1) is 18.2 Å². The third kappa shape index (κ3) is 4.86. The van der Waals surface area contributed by atoms with Gasteiger partial charge >= 0.3 is 5.97 Å². The maximum Gasteiger partial charge on any atom is 0.355 e. The van der Waals surface area contributed by atoms with E-state index < -0.39 is 23.7 Å². The predicted molar refractivity (Wildman–Crippen MR) is 143 cm³/mol. The monoisotopic (exact) mass is 515 g/mol. The van der Waals surface area contributed by atoms with E-state index in [2.05, 4.69) is 30.7 Å². The Hall–Kier alpha value is -4.20. The maximum atomic E-state index is 13.5. The van der Waals surface area contributed by atoms with Crippen molar-refractivity contribution < 1.29 is 24.2 Å².